The van der Waals surface area contributed by atoms with E-state index in [4.69, 9.17) is 17.0 Å². The van der Waals surface area contributed by atoms with Crippen LogP contribution in [0, 0.1) is 11.7 Å². The SMILES string of the molecule is COc1ccc(C(=O)N[C@H](C(=O)NNC(=S)Nc2ccccc2F)C(C)C)cc1. The van der Waals surface area contributed by atoms with Gasteiger partial charge in [-0.05, 0) is 54.5 Å². The maximum Gasteiger partial charge on any atom is 0.261 e. The van der Waals surface area contributed by atoms with E-state index in [0.717, 1.165) is 0 Å². The van der Waals surface area contributed by atoms with Crippen molar-refractivity contribution < 1.29 is 18.7 Å². The Morgan fingerprint density at radius 2 is 1.69 bits per heavy atom. The highest BCUT2D eigenvalue weighted by atomic mass is 32.1. The molecule has 0 radical (unpaired) electrons. The highest BCUT2D eigenvalue weighted by molar-refractivity contribution is 7.80. The van der Waals surface area contributed by atoms with E-state index in [0.29, 0.717) is 11.3 Å². The van der Waals surface area contributed by atoms with Gasteiger partial charge in [-0.1, -0.05) is 26.0 Å². The lowest BCUT2D eigenvalue weighted by molar-refractivity contribution is -0.124. The van der Waals surface area contributed by atoms with Crippen molar-refractivity contribution in [3.8, 4) is 5.75 Å². The van der Waals surface area contributed by atoms with Crippen molar-refractivity contribution in [3.05, 3.63) is 59.9 Å². The molecule has 29 heavy (non-hydrogen) atoms. The number of anilines is 1. The zero-order valence-corrected chi connectivity index (χ0v) is 17.1. The number of carbonyl (C=O) groups is 2. The second-order valence-electron chi connectivity index (χ2n) is 6.47. The molecule has 1 atom stereocenters. The molecule has 0 bridgehead atoms. The number of carbonyl (C=O) groups excluding carboxylic acids is 2. The minimum atomic E-state index is -0.812. The summed E-state index contributed by atoms with van der Waals surface area (Å²) in [5.74, 6) is -0.922. The number of amides is 2. The van der Waals surface area contributed by atoms with Crippen LogP contribution < -0.4 is 26.2 Å². The standard InChI is InChI=1S/C20H23FN4O3S/c1-12(2)17(23-18(26)13-8-10-14(28-3)11-9-13)19(27)24-25-20(29)22-16-7-5-4-6-15(16)21/h4-12,17H,1-3H3,(H,23,26)(H,24,27)(H2,22,25,29)/t17-/m0/s1. The number of rotatable bonds is 6. The summed E-state index contributed by atoms with van der Waals surface area (Å²) in [6.07, 6.45) is 0. The van der Waals surface area contributed by atoms with E-state index in [1.54, 1.807) is 50.2 Å². The number of para-hydroxylation sites is 1. The first-order valence-corrected chi connectivity index (χ1v) is 9.29. The van der Waals surface area contributed by atoms with E-state index in [1.807, 2.05) is 0 Å². The summed E-state index contributed by atoms with van der Waals surface area (Å²) >= 11 is 5.05. The van der Waals surface area contributed by atoms with Crippen LogP contribution in [0.4, 0.5) is 10.1 Å². The molecule has 7 nitrogen and oxygen atoms in total. The van der Waals surface area contributed by atoms with Crippen LogP contribution in [0.15, 0.2) is 48.5 Å². The topological polar surface area (TPSA) is 91.5 Å². The third kappa shape index (κ3) is 6.42. The molecule has 0 heterocycles. The Morgan fingerprint density at radius 3 is 2.28 bits per heavy atom. The van der Waals surface area contributed by atoms with Crippen molar-refractivity contribution in [1.82, 2.24) is 16.2 Å². The van der Waals surface area contributed by atoms with Crippen LogP contribution in [-0.2, 0) is 4.79 Å². The lowest BCUT2D eigenvalue weighted by Crippen LogP contribution is -2.55. The molecule has 0 aliphatic rings. The predicted octanol–water partition coefficient (Wildman–Crippen LogP) is 2.61. The number of hydrazine groups is 1. The lowest BCUT2D eigenvalue weighted by atomic mass is 10.0. The summed E-state index contributed by atoms with van der Waals surface area (Å²) in [6.45, 7) is 3.60. The normalized spacial score (nSPS) is 11.3. The number of thiocarbonyl (C=S) groups is 1. The van der Waals surface area contributed by atoms with Crippen molar-refractivity contribution >= 4 is 34.8 Å². The number of benzene rings is 2. The van der Waals surface area contributed by atoms with Crippen molar-refractivity contribution in [1.29, 1.82) is 0 Å². The number of ether oxygens (including phenoxy) is 1. The Balaban J connectivity index is 1.93. The summed E-state index contributed by atoms with van der Waals surface area (Å²) in [5, 5.41) is 5.35. The van der Waals surface area contributed by atoms with Crippen LogP contribution in [0.25, 0.3) is 0 Å². The molecular formula is C20H23FN4O3S. The fourth-order valence-electron chi connectivity index (χ4n) is 2.41. The van der Waals surface area contributed by atoms with Crippen LogP contribution in [-0.4, -0.2) is 30.1 Å². The molecule has 0 fully saturated rings. The molecular weight excluding hydrogens is 395 g/mol. The lowest BCUT2D eigenvalue weighted by Gasteiger charge is -2.22. The summed E-state index contributed by atoms with van der Waals surface area (Å²) in [6, 6.07) is 11.7. The zero-order valence-electron chi connectivity index (χ0n) is 16.3. The van der Waals surface area contributed by atoms with Crippen LogP contribution in [0.1, 0.15) is 24.2 Å². The summed E-state index contributed by atoms with van der Waals surface area (Å²) in [5.41, 5.74) is 5.51. The molecule has 0 unspecified atom stereocenters. The maximum atomic E-state index is 13.6. The Kier molecular flexibility index (Phi) is 7.90. The quantitative estimate of drug-likeness (QED) is 0.426. The van der Waals surface area contributed by atoms with Crippen LogP contribution >= 0.6 is 12.2 Å². The Morgan fingerprint density at radius 1 is 1.03 bits per heavy atom. The molecule has 4 N–H and O–H groups in total. The van der Waals surface area contributed by atoms with Gasteiger partial charge >= 0.3 is 0 Å². The van der Waals surface area contributed by atoms with Gasteiger partial charge in [-0.2, -0.15) is 0 Å². The average Bonchev–Trinajstić information content (AvgIpc) is 2.71. The molecule has 154 valence electrons. The Hall–Kier alpha value is -3.20. The van der Waals surface area contributed by atoms with Crippen LogP contribution in [0.5, 0.6) is 5.75 Å². The molecule has 0 aliphatic carbocycles. The average molecular weight is 418 g/mol. The van der Waals surface area contributed by atoms with Crippen LogP contribution in [0.3, 0.4) is 0 Å². The van der Waals surface area contributed by atoms with E-state index in [2.05, 4.69) is 21.5 Å². The summed E-state index contributed by atoms with van der Waals surface area (Å²) < 4.78 is 18.7. The Bertz CT molecular complexity index is 874. The molecule has 0 aliphatic heterocycles. The van der Waals surface area contributed by atoms with Gasteiger partial charge < -0.3 is 15.4 Å². The first-order chi connectivity index (χ1) is 13.8. The number of nitrogens with one attached hydrogen (secondary N) is 4. The minimum Gasteiger partial charge on any atom is -0.497 e. The molecule has 2 amide bonds. The van der Waals surface area contributed by atoms with Gasteiger partial charge in [-0.25, -0.2) is 4.39 Å². The van der Waals surface area contributed by atoms with Gasteiger partial charge in [0.05, 0.1) is 12.8 Å². The maximum absolute atomic E-state index is 13.6. The van der Waals surface area contributed by atoms with Crippen molar-refractivity contribution in [2.24, 2.45) is 5.92 Å². The largest absolute Gasteiger partial charge is 0.497 e. The number of hydrogen-bond acceptors (Lipinski definition) is 4. The highest BCUT2D eigenvalue weighted by Gasteiger charge is 2.25. The first-order valence-electron chi connectivity index (χ1n) is 8.88. The fraction of sp³-hybridized carbons (Fsp3) is 0.250. The van der Waals surface area contributed by atoms with E-state index in [9.17, 15) is 14.0 Å². The number of halogens is 1. The zero-order chi connectivity index (χ0) is 21.4. The summed E-state index contributed by atoms with van der Waals surface area (Å²) in [4.78, 5) is 25.0. The highest BCUT2D eigenvalue weighted by Crippen LogP contribution is 2.13. The van der Waals surface area contributed by atoms with Crippen molar-refractivity contribution in [3.63, 3.8) is 0 Å². The van der Waals surface area contributed by atoms with E-state index < -0.39 is 23.7 Å². The monoisotopic (exact) mass is 418 g/mol. The van der Waals surface area contributed by atoms with Gasteiger partial charge in [-0.15, -0.1) is 0 Å². The van der Waals surface area contributed by atoms with E-state index in [1.165, 1.54) is 19.2 Å². The minimum absolute atomic E-state index is 0.00689. The number of methoxy groups -OCH3 is 1. The van der Waals surface area contributed by atoms with Gasteiger partial charge in [-0.3, -0.25) is 20.4 Å². The van der Waals surface area contributed by atoms with Gasteiger partial charge in [0.1, 0.15) is 17.6 Å². The number of hydrogen-bond donors (Lipinski definition) is 4. The Labute approximate surface area is 174 Å². The van der Waals surface area contributed by atoms with Gasteiger partial charge in [0.15, 0.2) is 5.11 Å². The predicted molar refractivity (Wildman–Crippen MR) is 113 cm³/mol. The molecule has 0 aromatic heterocycles. The molecule has 0 saturated heterocycles. The van der Waals surface area contributed by atoms with Crippen LogP contribution in [0.2, 0.25) is 0 Å². The van der Waals surface area contributed by atoms with Gasteiger partial charge in [0.2, 0.25) is 0 Å². The second kappa shape index (κ2) is 10.4. The third-order valence-corrected chi connectivity index (χ3v) is 4.21. The third-order valence-electron chi connectivity index (χ3n) is 4.01. The van der Waals surface area contributed by atoms with Crippen molar-refractivity contribution in [2.75, 3.05) is 12.4 Å². The molecule has 2 rings (SSSR count). The van der Waals surface area contributed by atoms with E-state index >= 15 is 0 Å². The van der Waals surface area contributed by atoms with Gasteiger partial charge in [0, 0.05) is 5.56 Å². The van der Waals surface area contributed by atoms with Gasteiger partial charge in [0.25, 0.3) is 11.8 Å². The van der Waals surface area contributed by atoms with E-state index in [-0.39, 0.29) is 16.7 Å². The first kappa shape index (κ1) is 22.1. The summed E-state index contributed by atoms with van der Waals surface area (Å²) in [7, 11) is 1.53. The molecule has 9 heteroatoms. The fourth-order valence-corrected chi connectivity index (χ4v) is 2.58. The molecule has 2 aromatic carbocycles. The van der Waals surface area contributed by atoms with Crippen molar-refractivity contribution in [2.45, 2.75) is 19.9 Å². The smallest absolute Gasteiger partial charge is 0.261 e. The molecule has 0 spiro atoms. The molecule has 0 saturated carbocycles. The second-order valence-corrected chi connectivity index (χ2v) is 6.88. The molecule has 2 aromatic rings.